The minimum atomic E-state index is -3.13. The van der Waals surface area contributed by atoms with Crippen molar-refractivity contribution in [2.75, 3.05) is 0 Å². The predicted octanol–water partition coefficient (Wildman–Crippen LogP) is -22.1. The van der Waals surface area contributed by atoms with Crippen LogP contribution in [0, 0.1) is 0 Å². The van der Waals surface area contributed by atoms with E-state index in [4.69, 9.17) is 76.6 Å². The maximum absolute atomic E-state index is 10.3. The summed E-state index contributed by atoms with van der Waals surface area (Å²) in [6.07, 6.45) is -2.29. The van der Waals surface area contributed by atoms with Gasteiger partial charge in [-0.15, -0.1) is 0 Å². The van der Waals surface area contributed by atoms with Crippen molar-refractivity contribution in [3.63, 3.8) is 0 Å². The van der Waals surface area contributed by atoms with Gasteiger partial charge in [0, 0.05) is 0 Å². The van der Waals surface area contributed by atoms with Crippen molar-refractivity contribution >= 4 is 54.6 Å². The van der Waals surface area contributed by atoms with E-state index < -0.39 is 73.0 Å². The standard InChI is InChI=1S/C6H8O7.5Na.4H2O3Si.5H/c7-3(8)1-6(13,5(11)12)2-4(9)10;;;;;;4*1-4(2)3;;;;;/h13H,1-2H2,(H,7,8)(H,9,10)(H,11,12);;;;;;4*1-2H;;;;;/q;5*+1;;;;;5*-1. The minimum absolute atomic E-state index is 0. The van der Waals surface area contributed by atoms with Crippen LogP contribution in [0.1, 0.15) is 20.0 Å². The van der Waals surface area contributed by atoms with Crippen LogP contribution in [0.5, 0.6) is 0 Å². The minimum Gasteiger partial charge on any atom is -1.00 e. The molecule has 0 aromatic rings. The number of carbonyl (C=O) groups is 3. The van der Waals surface area contributed by atoms with E-state index >= 15 is 0 Å². The molecule has 0 atom stereocenters. The Hall–Kier alpha value is 1.84. The van der Waals surface area contributed by atoms with E-state index in [0.717, 1.165) is 0 Å². The van der Waals surface area contributed by atoms with Crippen LogP contribution >= 0.6 is 0 Å². The molecule has 0 saturated carbocycles. The first-order valence-corrected chi connectivity index (χ1v) is 11.0. The summed E-state index contributed by atoms with van der Waals surface area (Å²) >= 11 is 0. The van der Waals surface area contributed by atoms with Gasteiger partial charge in [-0.25, -0.2) is 4.79 Å². The first-order valence-electron chi connectivity index (χ1n) is 5.78. The van der Waals surface area contributed by atoms with Gasteiger partial charge < -0.3 is 65.9 Å². The fraction of sp³-hybridized carbons (Fsp3) is 0.500. The molecule has 12 N–H and O–H groups in total. The molecule has 0 amide bonds. The van der Waals surface area contributed by atoms with Gasteiger partial charge >= 0.3 is 202 Å². The topological polar surface area (TPSA) is 362 Å². The predicted molar refractivity (Wildman–Crippen MR) is 86.2 cm³/mol. The molecule has 0 heterocycles. The van der Waals surface area contributed by atoms with Crippen LogP contribution < -0.4 is 148 Å². The van der Waals surface area contributed by atoms with E-state index in [1.165, 1.54) is 0 Å². The summed E-state index contributed by atoms with van der Waals surface area (Å²) in [7, 11) is -12.5. The Balaban J connectivity index is -0.0000000149. The number of carboxylic acid groups (broad SMARTS) is 3. The van der Waals surface area contributed by atoms with E-state index in [1.54, 1.807) is 0 Å². The summed E-state index contributed by atoms with van der Waals surface area (Å²) in [5.41, 5.74) is -2.74. The van der Waals surface area contributed by atoms with Crippen LogP contribution in [0.25, 0.3) is 0 Å². The molecule has 180 valence electrons. The molecule has 19 nitrogen and oxygen atoms in total. The van der Waals surface area contributed by atoms with Crippen molar-refractivity contribution < 1.29 is 246 Å². The number of aliphatic hydroxyl groups is 1. The average Bonchev–Trinajstić information content (AvgIpc) is 2.32. The van der Waals surface area contributed by atoms with Gasteiger partial charge in [-0.3, -0.25) is 27.4 Å². The van der Waals surface area contributed by atoms with Gasteiger partial charge in [-0.1, -0.05) is 0 Å². The van der Waals surface area contributed by atoms with Crippen LogP contribution in [0.4, 0.5) is 0 Å². The summed E-state index contributed by atoms with van der Waals surface area (Å²) in [6, 6.07) is 0. The maximum atomic E-state index is 10.3. The Morgan fingerprint density at radius 2 is 0.647 bits per heavy atom. The van der Waals surface area contributed by atoms with Crippen molar-refractivity contribution in [3.8, 4) is 0 Å². The molecule has 34 heavy (non-hydrogen) atoms. The van der Waals surface area contributed by atoms with E-state index in [1.807, 2.05) is 0 Å². The summed E-state index contributed by atoms with van der Waals surface area (Å²) in [5.74, 6) is -5.02. The average molecular weight is 625 g/mol. The Morgan fingerprint density at radius 1 is 0.529 bits per heavy atom. The van der Waals surface area contributed by atoms with Gasteiger partial charge in [0.2, 0.25) is 0 Å². The molecule has 0 saturated heterocycles. The zero-order valence-corrected chi connectivity index (χ0v) is 32.6. The molecule has 0 aliphatic carbocycles. The maximum Gasteiger partial charge on any atom is 1.00 e. The van der Waals surface area contributed by atoms with Crippen molar-refractivity contribution in [2.24, 2.45) is 0 Å². The largest absolute Gasteiger partial charge is 1.00 e. The van der Waals surface area contributed by atoms with Crippen LogP contribution in [0.15, 0.2) is 0 Å². The Morgan fingerprint density at radius 3 is 0.706 bits per heavy atom. The molecule has 28 heteroatoms. The van der Waals surface area contributed by atoms with Gasteiger partial charge in [-0.2, -0.15) is 0 Å². The zero-order valence-electron chi connectivity index (χ0n) is 23.6. The molecule has 0 aliphatic heterocycles. The van der Waals surface area contributed by atoms with Crippen molar-refractivity contribution in [2.45, 2.75) is 18.4 Å². The fourth-order valence-corrected chi connectivity index (χ4v) is 0.714. The normalized spacial score (nSPS) is 6.97. The quantitative estimate of drug-likeness (QED) is 0.126. The fourth-order valence-electron chi connectivity index (χ4n) is 0.714. The first-order chi connectivity index (χ1) is 12.7. The summed E-state index contributed by atoms with van der Waals surface area (Å²) < 4.78 is 35.0. The molecule has 0 fully saturated rings. The monoisotopic (exact) mass is 624 g/mol. The molecule has 0 aliphatic rings. The summed E-state index contributed by atoms with van der Waals surface area (Å²) in [5, 5.41) is 33.8. The number of aliphatic carboxylic acids is 3. The third-order valence-electron chi connectivity index (χ3n) is 1.29. The summed E-state index contributed by atoms with van der Waals surface area (Å²) in [4.78, 5) is 87.7. The number of hydrogen-bond donors (Lipinski definition) is 12. The Kier molecular flexibility index (Phi) is 80.4. The van der Waals surface area contributed by atoms with Gasteiger partial charge in [0.15, 0.2) is 5.60 Å². The first kappa shape index (κ1) is 65.2. The SMILES string of the molecule is O=C(O)CC(O)(CC(=O)O)C(=O)O.O=[Si](O)O.O=[Si](O)O.O=[Si](O)O.O=[Si](O)O.[H-].[H-].[H-].[H-].[H-].[Na+].[Na+].[Na+].[Na+].[Na+]. The second kappa shape index (κ2) is 41.9. The molecule has 0 rings (SSSR count). The molecule has 0 radical (unpaired) electrons. The van der Waals surface area contributed by atoms with Crippen molar-refractivity contribution in [1.82, 2.24) is 0 Å². The smallest absolute Gasteiger partial charge is 1.00 e. The number of hydrogen-bond acceptors (Lipinski definition) is 8. The van der Waals surface area contributed by atoms with Gasteiger partial charge in [0.25, 0.3) is 0 Å². The van der Waals surface area contributed by atoms with Crippen molar-refractivity contribution in [1.29, 1.82) is 0 Å². The van der Waals surface area contributed by atoms with E-state index in [-0.39, 0.29) is 155 Å². The van der Waals surface area contributed by atoms with E-state index in [2.05, 4.69) is 0 Å². The molecule has 0 aromatic carbocycles. The molecule has 0 unspecified atom stereocenters. The van der Waals surface area contributed by atoms with E-state index in [0.29, 0.717) is 0 Å². The van der Waals surface area contributed by atoms with Crippen LogP contribution in [0.2, 0.25) is 0 Å². The van der Waals surface area contributed by atoms with Gasteiger partial charge in [0.05, 0.1) is 12.8 Å². The van der Waals surface area contributed by atoms with Crippen molar-refractivity contribution in [3.05, 3.63) is 0 Å². The molecule has 0 bridgehead atoms. The summed E-state index contributed by atoms with van der Waals surface area (Å²) in [6.45, 7) is 0. The third kappa shape index (κ3) is 115. The number of rotatable bonds is 5. The third-order valence-corrected chi connectivity index (χ3v) is 1.29. The van der Waals surface area contributed by atoms with Gasteiger partial charge in [-0.05, 0) is 0 Å². The van der Waals surface area contributed by atoms with Crippen LogP contribution in [0.3, 0.4) is 0 Å². The zero-order chi connectivity index (χ0) is 25.0. The molecular weight excluding hydrogens is 603 g/mol. The van der Waals surface area contributed by atoms with Gasteiger partial charge in [0.1, 0.15) is 0 Å². The number of carboxylic acids is 3. The Labute approximate surface area is 314 Å². The second-order valence-corrected chi connectivity index (χ2v) is 5.87. The Bertz CT molecular complexity index is 533. The molecule has 0 aromatic heterocycles. The molecular formula is C6H21Na5O19Si4. The van der Waals surface area contributed by atoms with Crippen LogP contribution in [-0.4, -0.2) is 119 Å². The molecule has 0 spiro atoms. The van der Waals surface area contributed by atoms with Crippen LogP contribution in [-0.2, 0) is 32.2 Å². The van der Waals surface area contributed by atoms with E-state index in [9.17, 15) is 14.4 Å². The second-order valence-electron chi connectivity index (χ2n) is 3.61.